The zero-order chi connectivity index (χ0) is 14.4. The molecule has 1 heterocycles. The molecule has 0 aliphatic rings. The van der Waals surface area contributed by atoms with Crippen molar-refractivity contribution in [3.63, 3.8) is 0 Å². The van der Waals surface area contributed by atoms with Gasteiger partial charge in [0.05, 0.1) is 6.54 Å². The molecular weight excluding hydrogens is 258 g/mol. The Balaban J connectivity index is 2.77. The van der Waals surface area contributed by atoms with Gasteiger partial charge in [-0.3, -0.25) is 4.79 Å². The van der Waals surface area contributed by atoms with Crippen molar-refractivity contribution >= 4 is 11.9 Å². The monoisotopic (exact) mass is 274 g/mol. The van der Waals surface area contributed by atoms with E-state index in [2.05, 4.69) is 5.32 Å². The van der Waals surface area contributed by atoms with Crippen LogP contribution in [0, 0.1) is 0 Å². The summed E-state index contributed by atoms with van der Waals surface area (Å²) < 4.78 is 25.7. The van der Waals surface area contributed by atoms with Gasteiger partial charge in [0.15, 0.2) is 0 Å². The molecule has 0 spiro atoms. The fourth-order valence-corrected chi connectivity index (χ4v) is 1.71. The minimum absolute atomic E-state index is 0.0302. The Labute approximate surface area is 109 Å². The summed E-state index contributed by atoms with van der Waals surface area (Å²) in [6.07, 6.45) is -0.340. The smallest absolute Gasteiger partial charge is 0.326 e. The summed E-state index contributed by atoms with van der Waals surface area (Å²) in [6.45, 7) is 1.20. The number of carbonyl (C=O) groups excluding carboxylic acids is 1. The number of nitrogens with one attached hydrogen (secondary N) is 1. The van der Waals surface area contributed by atoms with Gasteiger partial charge in [0, 0.05) is 6.20 Å². The Morgan fingerprint density at radius 1 is 1.47 bits per heavy atom. The Kier molecular flexibility index (Phi) is 5.47. The Bertz CT molecular complexity index is 446. The van der Waals surface area contributed by atoms with Crippen LogP contribution in [0.2, 0.25) is 0 Å². The molecular formula is C12H16F2N2O3. The average molecular weight is 274 g/mol. The number of carbonyl (C=O) groups is 2. The van der Waals surface area contributed by atoms with Crippen LogP contribution in [-0.2, 0) is 11.3 Å². The van der Waals surface area contributed by atoms with Crippen molar-refractivity contribution in [2.75, 3.05) is 0 Å². The number of carboxylic acid groups (broad SMARTS) is 1. The van der Waals surface area contributed by atoms with Crippen molar-refractivity contribution in [2.45, 2.75) is 38.8 Å². The fraction of sp³-hybridized carbons (Fsp3) is 0.500. The van der Waals surface area contributed by atoms with Crippen LogP contribution in [0.1, 0.15) is 30.3 Å². The number of aromatic nitrogens is 1. The van der Waals surface area contributed by atoms with Crippen molar-refractivity contribution in [1.29, 1.82) is 0 Å². The van der Waals surface area contributed by atoms with Gasteiger partial charge in [-0.05, 0) is 18.6 Å². The average Bonchev–Trinajstić information content (AvgIpc) is 2.75. The molecule has 19 heavy (non-hydrogen) atoms. The van der Waals surface area contributed by atoms with Gasteiger partial charge in [0.1, 0.15) is 11.7 Å². The number of hydrogen-bond donors (Lipinski definition) is 2. The van der Waals surface area contributed by atoms with E-state index in [0.29, 0.717) is 6.42 Å². The van der Waals surface area contributed by atoms with E-state index < -0.39 is 30.9 Å². The molecule has 5 nitrogen and oxygen atoms in total. The second-order valence-corrected chi connectivity index (χ2v) is 4.09. The Morgan fingerprint density at radius 2 is 2.16 bits per heavy atom. The quantitative estimate of drug-likeness (QED) is 0.795. The summed E-state index contributed by atoms with van der Waals surface area (Å²) in [6, 6.07) is 1.84. The van der Waals surface area contributed by atoms with Crippen molar-refractivity contribution < 1.29 is 23.5 Å². The van der Waals surface area contributed by atoms with Crippen LogP contribution >= 0.6 is 0 Å². The maximum atomic E-state index is 12.3. The Morgan fingerprint density at radius 3 is 2.68 bits per heavy atom. The van der Waals surface area contributed by atoms with E-state index in [1.807, 2.05) is 0 Å². The number of amides is 1. The van der Waals surface area contributed by atoms with Crippen molar-refractivity contribution in [3.8, 4) is 0 Å². The van der Waals surface area contributed by atoms with Gasteiger partial charge in [-0.2, -0.15) is 0 Å². The highest BCUT2D eigenvalue weighted by atomic mass is 19.3. The molecule has 0 bridgehead atoms. The van der Waals surface area contributed by atoms with E-state index in [1.54, 1.807) is 6.92 Å². The summed E-state index contributed by atoms with van der Waals surface area (Å²) in [5, 5.41) is 11.3. The predicted molar refractivity (Wildman–Crippen MR) is 64.2 cm³/mol. The second kappa shape index (κ2) is 6.86. The van der Waals surface area contributed by atoms with Crippen LogP contribution in [0.5, 0.6) is 0 Å². The lowest BCUT2D eigenvalue weighted by atomic mass is 10.1. The lowest BCUT2D eigenvalue weighted by molar-refractivity contribution is -0.139. The first kappa shape index (κ1) is 15.1. The second-order valence-electron chi connectivity index (χ2n) is 4.09. The molecule has 2 N–H and O–H groups in total. The van der Waals surface area contributed by atoms with Crippen LogP contribution in [0.25, 0.3) is 0 Å². The van der Waals surface area contributed by atoms with Gasteiger partial charge < -0.3 is 15.0 Å². The zero-order valence-electron chi connectivity index (χ0n) is 10.5. The number of nitrogens with zero attached hydrogens (tertiary/aromatic N) is 1. The summed E-state index contributed by atoms with van der Waals surface area (Å²) in [4.78, 5) is 22.8. The normalized spacial score (nSPS) is 12.4. The molecule has 1 rings (SSSR count). The van der Waals surface area contributed by atoms with E-state index >= 15 is 0 Å². The van der Waals surface area contributed by atoms with E-state index in [1.165, 1.54) is 18.3 Å². The minimum atomic E-state index is -2.58. The summed E-state index contributed by atoms with van der Waals surface area (Å²) >= 11 is 0. The molecule has 0 aliphatic heterocycles. The number of carboxylic acids is 1. The maximum Gasteiger partial charge on any atom is 0.326 e. The van der Waals surface area contributed by atoms with Crippen LogP contribution in [0.15, 0.2) is 18.3 Å². The zero-order valence-corrected chi connectivity index (χ0v) is 10.5. The maximum absolute atomic E-state index is 12.3. The minimum Gasteiger partial charge on any atom is -0.480 e. The van der Waals surface area contributed by atoms with Gasteiger partial charge in [0.2, 0.25) is 0 Å². The van der Waals surface area contributed by atoms with E-state index in [0.717, 1.165) is 4.57 Å². The number of halogens is 2. The highest BCUT2D eigenvalue weighted by Gasteiger charge is 2.21. The van der Waals surface area contributed by atoms with Crippen LogP contribution < -0.4 is 5.32 Å². The third-order valence-corrected chi connectivity index (χ3v) is 2.58. The van der Waals surface area contributed by atoms with Crippen LogP contribution in [0.3, 0.4) is 0 Å². The van der Waals surface area contributed by atoms with E-state index in [4.69, 9.17) is 5.11 Å². The van der Waals surface area contributed by atoms with E-state index in [9.17, 15) is 18.4 Å². The molecule has 1 aromatic heterocycles. The first-order chi connectivity index (χ1) is 8.95. The highest BCUT2D eigenvalue weighted by molar-refractivity contribution is 5.95. The van der Waals surface area contributed by atoms with Crippen LogP contribution in [0.4, 0.5) is 8.78 Å². The van der Waals surface area contributed by atoms with Gasteiger partial charge >= 0.3 is 5.97 Å². The van der Waals surface area contributed by atoms with Gasteiger partial charge in [0.25, 0.3) is 12.3 Å². The first-order valence-corrected chi connectivity index (χ1v) is 5.92. The van der Waals surface area contributed by atoms with Crippen molar-refractivity contribution in [1.82, 2.24) is 9.88 Å². The third kappa shape index (κ3) is 4.35. The SMILES string of the molecule is CCC[C@H](NC(=O)c1cccn1CC(F)F)C(=O)O. The van der Waals surface area contributed by atoms with E-state index in [-0.39, 0.29) is 12.1 Å². The molecule has 0 unspecified atom stereocenters. The molecule has 0 aliphatic carbocycles. The molecule has 1 aromatic rings. The fourth-order valence-electron chi connectivity index (χ4n) is 1.71. The molecule has 7 heteroatoms. The molecule has 0 saturated carbocycles. The molecule has 106 valence electrons. The highest BCUT2D eigenvalue weighted by Crippen LogP contribution is 2.07. The molecule has 0 radical (unpaired) electrons. The predicted octanol–water partition coefficient (Wildman–Crippen LogP) is 1.74. The summed E-state index contributed by atoms with van der Waals surface area (Å²) in [5.41, 5.74) is 0.0302. The third-order valence-electron chi connectivity index (χ3n) is 2.58. The molecule has 0 saturated heterocycles. The first-order valence-electron chi connectivity index (χ1n) is 5.92. The van der Waals surface area contributed by atoms with Crippen molar-refractivity contribution in [3.05, 3.63) is 24.0 Å². The van der Waals surface area contributed by atoms with Crippen molar-refractivity contribution in [2.24, 2.45) is 0 Å². The largest absolute Gasteiger partial charge is 0.480 e. The molecule has 0 aromatic carbocycles. The lowest BCUT2D eigenvalue weighted by Crippen LogP contribution is -2.41. The standard InChI is InChI=1S/C12H16F2N2O3/c1-2-4-8(12(18)19)15-11(17)9-5-3-6-16(9)7-10(13)14/h3,5-6,8,10H,2,4,7H2,1H3,(H,15,17)(H,18,19)/t8-/m0/s1. The number of rotatable bonds is 7. The Hall–Kier alpha value is -1.92. The molecule has 1 atom stereocenters. The lowest BCUT2D eigenvalue weighted by Gasteiger charge is -2.14. The van der Waals surface area contributed by atoms with Crippen LogP contribution in [-0.4, -0.2) is 34.0 Å². The summed E-state index contributed by atoms with van der Waals surface area (Å²) in [7, 11) is 0. The number of hydrogen-bond acceptors (Lipinski definition) is 2. The topological polar surface area (TPSA) is 71.3 Å². The summed E-state index contributed by atoms with van der Waals surface area (Å²) in [5.74, 6) is -1.80. The van der Waals surface area contributed by atoms with Gasteiger partial charge in [-0.25, -0.2) is 13.6 Å². The molecule has 0 fully saturated rings. The van der Waals surface area contributed by atoms with Gasteiger partial charge in [-0.1, -0.05) is 13.3 Å². The molecule has 1 amide bonds. The number of alkyl halides is 2. The van der Waals surface area contributed by atoms with Gasteiger partial charge in [-0.15, -0.1) is 0 Å². The number of aliphatic carboxylic acids is 1.